The first-order valence-electron chi connectivity index (χ1n) is 5.32. The van der Waals surface area contributed by atoms with Crippen LogP contribution >= 0.6 is 15.9 Å². The van der Waals surface area contributed by atoms with Crippen LogP contribution in [0.5, 0.6) is 0 Å². The summed E-state index contributed by atoms with van der Waals surface area (Å²) in [5, 5.41) is 11.8. The highest BCUT2D eigenvalue weighted by molar-refractivity contribution is 9.10. The van der Waals surface area contributed by atoms with Gasteiger partial charge in [0, 0.05) is 15.8 Å². The Kier molecular flexibility index (Phi) is 3.71. The van der Waals surface area contributed by atoms with Crippen LogP contribution in [0.4, 0.5) is 21.5 Å². The summed E-state index contributed by atoms with van der Waals surface area (Å²) in [6.45, 7) is 0. The molecule has 0 heterocycles. The second-order valence-electron chi connectivity index (χ2n) is 3.86. The maximum atomic E-state index is 13.6. The number of carboxylic acids is 1. The average Bonchev–Trinajstić information content (AvgIpc) is 2.34. The van der Waals surface area contributed by atoms with Crippen molar-refractivity contribution in [3.05, 3.63) is 52.3 Å². The lowest BCUT2D eigenvalue weighted by Gasteiger charge is -2.09. The Morgan fingerprint density at radius 3 is 2.63 bits per heavy atom. The molecule has 0 aliphatic carbocycles. The van der Waals surface area contributed by atoms with Crippen molar-refractivity contribution in [1.82, 2.24) is 0 Å². The van der Waals surface area contributed by atoms with Gasteiger partial charge in [-0.3, -0.25) is 0 Å². The van der Waals surface area contributed by atoms with Crippen LogP contribution in [0, 0.1) is 5.82 Å². The maximum Gasteiger partial charge on any atom is 0.337 e. The van der Waals surface area contributed by atoms with Gasteiger partial charge in [-0.25, -0.2) is 9.18 Å². The highest BCUT2D eigenvalue weighted by Gasteiger charge is 2.10. The number of benzene rings is 2. The predicted octanol–water partition coefficient (Wildman–Crippen LogP) is 3.61. The number of halogens is 2. The molecule has 0 saturated heterocycles. The zero-order valence-corrected chi connectivity index (χ0v) is 11.2. The molecule has 0 saturated carbocycles. The molecule has 2 aromatic carbocycles. The summed E-state index contributed by atoms with van der Waals surface area (Å²) in [6.07, 6.45) is 0. The number of aromatic carboxylic acids is 1. The van der Waals surface area contributed by atoms with Gasteiger partial charge in [-0.05, 0) is 36.4 Å². The van der Waals surface area contributed by atoms with Gasteiger partial charge in [0.25, 0.3) is 0 Å². The SMILES string of the molecule is Nc1ccc(Nc2ccc(Br)cc2F)cc1C(=O)O. The Morgan fingerprint density at radius 2 is 2.00 bits per heavy atom. The normalized spacial score (nSPS) is 10.2. The maximum absolute atomic E-state index is 13.6. The minimum Gasteiger partial charge on any atom is -0.478 e. The van der Waals surface area contributed by atoms with E-state index in [4.69, 9.17) is 10.8 Å². The van der Waals surface area contributed by atoms with Gasteiger partial charge in [0.05, 0.1) is 11.3 Å². The number of carbonyl (C=O) groups is 1. The number of nitrogen functional groups attached to an aromatic ring is 1. The molecule has 0 radical (unpaired) electrons. The Morgan fingerprint density at radius 1 is 1.26 bits per heavy atom. The lowest BCUT2D eigenvalue weighted by molar-refractivity contribution is 0.0698. The van der Waals surface area contributed by atoms with E-state index < -0.39 is 11.8 Å². The molecule has 19 heavy (non-hydrogen) atoms. The molecular formula is C13H10BrFN2O2. The first-order chi connectivity index (χ1) is 8.97. The molecule has 4 nitrogen and oxygen atoms in total. The molecule has 0 aromatic heterocycles. The van der Waals surface area contributed by atoms with Gasteiger partial charge in [-0.15, -0.1) is 0 Å². The summed E-state index contributed by atoms with van der Waals surface area (Å²) >= 11 is 3.16. The number of hydrogen-bond donors (Lipinski definition) is 3. The minimum absolute atomic E-state index is 0.0254. The molecule has 0 atom stereocenters. The lowest BCUT2D eigenvalue weighted by Crippen LogP contribution is -2.03. The summed E-state index contributed by atoms with van der Waals surface area (Å²) in [4.78, 5) is 10.9. The average molecular weight is 325 g/mol. The second-order valence-corrected chi connectivity index (χ2v) is 4.77. The Labute approximate surface area is 117 Å². The van der Waals surface area contributed by atoms with E-state index in [1.807, 2.05) is 0 Å². The van der Waals surface area contributed by atoms with Crippen molar-refractivity contribution in [2.75, 3.05) is 11.1 Å². The number of carboxylic acid groups (broad SMARTS) is 1. The highest BCUT2D eigenvalue weighted by atomic mass is 79.9. The van der Waals surface area contributed by atoms with Crippen molar-refractivity contribution in [3.63, 3.8) is 0 Å². The van der Waals surface area contributed by atoms with Crippen LogP contribution in [0.1, 0.15) is 10.4 Å². The monoisotopic (exact) mass is 324 g/mol. The van der Waals surface area contributed by atoms with Crippen LogP contribution in [0.25, 0.3) is 0 Å². The molecule has 0 bridgehead atoms. The molecule has 2 aromatic rings. The van der Waals surface area contributed by atoms with E-state index in [1.165, 1.54) is 18.2 Å². The van der Waals surface area contributed by atoms with E-state index in [1.54, 1.807) is 18.2 Å². The Bertz CT molecular complexity index is 647. The minimum atomic E-state index is -1.13. The largest absolute Gasteiger partial charge is 0.478 e. The third-order valence-electron chi connectivity index (χ3n) is 2.49. The van der Waals surface area contributed by atoms with Gasteiger partial charge < -0.3 is 16.2 Å². The van der Waals surface area contributed by atoms with Gasteiger partial charge in [0.2, 0.25) is 0 Å². The molecule has 0 aliphatic rings. The van der Waals surface area contributed by atoms with Crippen LogP contribution in [0.2, 0.25) is 0 Å². The van der Waals surface area contributed by atoms with Crippen LogP contribution in [0.15, 0.2) is 40.9 Å². The van der Waals surface area contributed by atoms with Crippen LogP contribution in [0.3, 0.4) is 0 Å². The van der Waals surface area contributed by atoms with Gasteiger partial charge in [0.1, 0.15) is 5.82 Å². The zero-order chi connectivity index (χ0) is 14.0. The summed E-state index contributed by atoms with van der Waals surface area (Å²) in [7, 11) is 0. The molecule has 98 valence electrons. The molecule has 0 spiro atoms. The van der Waals surface area contributed by atoms with Crippen molar-refractivity contribution in [2.24, 2.45) is 0 Å². The quantitative estimate of drug-likeness (QED) is 0.754. The second kappa shape index (κ2) is 5.27. The summed E-state index contributed by atoms with van der Waals surface area (Å²) in [5.74, 6) is -1.57. The van der Waals surface area contributed by atoms with Gasteiger partial charge in [-0.2, -0.15) is 0 Å². The third-order valence-corrected chi connectivity index (χ3v) is 2.99. The third kappa shape index (κ3) is 3.03. The lowest BCUT2D eigenvalue weighted by atomic mass is 10.1. The topological polar surface area (TPSA) is 75.3 Å². The summed E-state index contributed by atoms with van der Waals surface area (Å²) < 4.78 is 14.3. The van der Waals surface area contributed by atoms with Crippen LogP contribution < -0.4 is 11.1 Å². The van der Waals surface area contributed by atoms with Crippen molar-refractivity contribution >= 4 is 39.0 Å². The van der Waals surface area contributed by atoms with E-state index in [0.717, 1.165) is 0 Å². The number of nitrogens with two attached hydrogens (primary N) is 1. The van der Waals surface area contributed by atoms with E-state index in [9.17, 15) is 9.18 Å². The van der Waals surface area contributed by atoms with Crippen LogP contribution in [-0.4, -0.2) is 11.1 Å². The molecule has 0 unspecified atom stereocenters. The first-order valence-corrected chi connectivity index (χ1v) is 6.11. The number of hydrogen-bond acceptors (Lipinski definition) is 3. The van der Waals surface area contributed by atoms with Crippen molar-refractivity contribution in [2.45, 2.75) is 0 Å². The fourth-order valence-corrected chi connectivity index (χ4v) is 1.90. The van der Waals surface area contributed by atoms with E-state index in [2.05, 4.69) is 21.2 Å². The number of anilines is 3. The molecular weight excluding hydrogens is 315 g/mol. The van der Waals surface area contributed by atoms with E-state index in [0.29, 0.717) is 10.2 Å². The van der Waals surface area contributed by atoms with Gasteiger partial charge in [-0.1, -0.05) is 15.9 Å². The van der Waals surface area contributed by atoms with Crippen molar-refractivity contribution in [3.8, 4) is 0 Å². The highest BCUT2D eigenvalue weighted by Crippen LogP contribution is 2.25. The predicted molar refractivity (Wildman–Crippen MR) is 75.2 cm³/mol. The smallest absolute Gasteiger partial charge is 0.337 e. The van der Waals surface area contributed by atoms with E-state index >= 15 is 0 Å². The Hall–Kier alpha value is -2.08. The standard InChI is InChI=1S/C13H10BrFN2O2/c14-7-1-4-12(10(15)5-7)17-8-2-3-11(16)9(6-8)13(18)19/h1-6,17H,16H2,(H,18,19). The zero-order valence-electron chi connectivity index (χ0n) is 9.65. The van der Waals surface area contributed by atoms with Crippen molar-refractivity contribution in [1.29, 1.82) is 0 Å². The summed E-state index contributed by atoms with van der Waals surface area (Å²) in [6, 6.07) is 8.96. The molecule has 0 aliphatic heterocycles. The molecule has 2 rings (SSSR count). The molecule has 0 fully saturated rings. The number of nitrogens with one attached hydrogen (secondary N) is 1. The summed E-state index contributed by atoms with van der Waals surface area (Å²) in [5.41, 5.74) is 6.39. The van der Waals surface area contributed by atoms with Crippen LogP contribution in [-0.2, 0) is 0 Å². The van der Waals surface area contributed by atoms with Gasteiger partial charge >= 0.3 is 5.97 Å². The fourth-order valence-electron chi connectivity index (χ4n) is 1.57. The number of rotatable bonds is 3. The fraction of sp³-hybridized carbons (Fsp3) is 0. The molecule has 0 amide bonds. The van der Waals surface area contributed by atoms with E-state index in [-0.39, 0.29) is 16.9 Å². The Balaban J connectivity index is 2.33. The molecule has 6 heteroatoms. The van der Waals surface area contributed by atoms with Crippen molar-refractivity contribution < 1.29 is 14.3 Å². The molecule has 4 N–H and O–H groups in total. The van der Waals surface area contributed by atoms with Gasteiger partial charge in [0.15, 0.2) is 0 Å². The first kappa shape index (κ1) is 13.4.